The highest BCUT2D eigenvalue weighted by Crippen LogP contribution is 2.35. The lowest BCUT2D eigenvalue weighted by atomic mass is 10.1. The molecule has 4 aromatic heterocycles. The number of para-hydroxylation sites is 3. The van der Waals surface area contributed by atoms with Crippen molar-refractivity contribution >= 4 is 51.2 Å². The second-order valence-corrected chi connectivity index (χ2v) is 9.17. The minimum Gasteiger partial charge on any atom is -0.467 e. The number of rotatable bonds is 5. The molecule has 35 heavy (non-hydrogen) atoms. The maximum absolute atomic E-state index is 13.4. The molecule has 9 nitrogen and oxygen atoms in total. The van der Waals surface area contributed by atoms with Crippen molar-refractivity contribution in [2.45, 2.75) is 17.6 Å². The van der Waals surface area contributed by atoms with E-state index in [4.69, 9.17) is 8.83 Å². The summed E-state index contributed by atoms with van der Waals surface area (Å²) in [6.45, 7) is 0. The number of hydrogen-bond acceptors (Lipinski definition) is 7. The van der Waals surface area contributed by atoms with Gasteiger partial charge in [-0.2, -0.15) is 5.10 Å². The molecule has 7 rings (SSSR count). The molecule has 0 fully saturated rings. The van der Waals surface area contributed by atoms with Crippen LogP contribution in [0.4, 0.5) is 0 Å². The van der Waals surface area contributed by atoms with Crippen LogP contribution in [0.5, 0.6) is 0 Å². The lowest BCUT2D eigenvalue weighted by molar-refractivity contribution is -0.130. The standard InChI is InChI=1S/C25H18N6O3S/c32-23(14-35-25-28-27-24-26-16-7-2-3-8-18(16)30(24)25)31-19(21-10-5-11-33-21)13-17(29-31)22-12-15-6-1-4-9-20(15)34-22/h1-12,19H,13-14H2,(H,26,27). The fourth-order valence-corrected chi connectivity index (χ4v) is 5.26. The molecule has 0 aliphatic carbocycles. The molecule has 1 amide bonds. The molecule has 6 aromatic rings. The Balaban J connectivity index is 1.18. The molecule has 10 heteroatoms. The number of carbonyl (C=O) groups excluding carboxylic acids is 1. The van der Waals surface area contributed by atoms with Crippen LogP contribution in [-0.2, 0) is 4.79 Å². The fourth-order valence-electron chi connectivity index (χ4n) is 4.45. The molecular formula is C25H18N6O3S. The Morgan fingerprint density at radius 3 is 2.89 bits per heavy atom. The van der Waals surface area contributed by atoms with Crippen molar-refractivity contribution in [1.82, 2.24) is 24.6 Å². The number of H-pyrrole nitrogens is 1. The Hall–Kier alpha value is -4.31. The van der Waals surface area contributed by atoms with Crippen LogP contribution in [0, 0.1) is 0 Å². The molecule has 1 N–H and O–H groups in total. The van der Waals surface area contributed by atoms with Gasteiger partial charge in [0.05, 0.1) is 23.0 Å². The molecule has 2 aromatic carbocycles. The summed E-state index contributed by atoms with van der Waals surface area (Å²) in [7, 11) is 0. The van der Waals surface area contributed by atoms with E-state index in [0.29, 0.717) is 34.6 Å². The van der Waals surface area contributed by atoms with Crippen LogP contribution in [0.15, 0.2) is 92.1 Å². The SMILES string of the molecule is O=C(CSc1n[nH]c2nc3ccccc3n12)N1N=C(c2cc3ccccc3o2)CC1c1ccco1. The number of amides is 1. The van der Waals surface area contributed by atoms with Gasteiger partial charge in [-0.15, -0.1) is 5.10 Å². The lowest BCUT2D eigenvalue weighted by Crippen LogP contribution is -2.28. The van der Waals surface area contributed by atoms with Crippen LogP contribution >= 0.6 is 11.8 Å². The number of fused-ring (bicyclic) bond motifs is 4. The molecule has 0 saturated carbocycles. The summed E-state index contributed by atoms with van der Waals surface area (Å²) in [5.74, 6) is 1.98. The van der Waals surface area contributed by atoms with E-state index in [1.807, 2.05) is 71.1 Å². The molecular weight excluding hydrogens is 464 g/mol. The first-order chi connectivity index (χ1) is 17.2. The third kappa shape index (κ3) is 3.33. The first-order valence-corrected chi connectivity index (χ1v) is 12.1. The molecule has 0 saturated heterocycles. The van der Waals surface area contributed by atoms with Crippen molar-refractivity contribution in [3.63, 3.8) is 0 Å². The summed E-state index contributed by atoms with van der Waals surface area (Å²) >= 11 is 1.34. The van der Waals surface area contributed by atoms with Gasteiger partial charge in [0.2, 0.25) is 5.78 Å². The van der Waals surface area contributed by atoms with Crippen molar-refractivity contribution in [1.29, 1.82) is 0 Å². The number of thioether (sulfide) groups is 1. The van der Waals surface area contributed by atoms with E-state index in [2.05, 4.69) is 20.3 Å². The number of benzene rings is 2. The van der Waals surface area contributed by atoms with Crippen LogP contribution in [0.25, 0.3) is 27.8 Å². The first kappa shape index (κ1) is 20.1. The smallest absolute Gasteiger partial charge is 0.253 e. The largest absolute Gasteiger partial charge is 0.467 e. The third-order valence-corrected chi connectivity index (χ3v) is 7.00. The highest BCUT2D eigenvalue weighted by molar-refractivity contribution is 7.99. The van der Waals surface area contributed by atoms with Crippen LogP contribution in [0.1, 0.15) is 24.0 Å². The quantitative estimate of drug-likeness (QED) is 0.346. The number of hydrazone groups is 1. The number of furan rings is 2. The van der Waals surface area contributed by atoms with Gasteiger partial charge in [-0.1, -0.05) is 42.1 Å². The number of nitrogens with one attached hydrogen (secondary N) is 1. The second-order valence-electron chi connectivity index (χ2n) is 8.22. The van der Waals surface area contributed by atoms with E-state index in [1.165, 1.54) is 16.8 Å². The average molecular weight is 483 g/mol. The Bertz CT molecular complexity index is 1700. The maximum Gasteiger partial charge on any atom is 0.253 e. The molecule has 0 spiro atoms. The van der Waals surface area contributed by atoms with Crippen molar-refractivity contribution in [3.8, 4) is 0 Å². The highest BCUT2D eigenvalue weighted by Gasteiger charge is 2.36. The van der Waals surface area contributed by atoms with Crippen molar-refractivity contribution < 1.29 is 13.6 Å². The summed E-state index contributed by atoms with van der Waals surface area (Å²) in [5.41, 5.74) is 3.30. The zero-order chi connectivity index (χ0) is 23.4. The van der Waals surface area contributed by atoms with Gasteiger partial charge in [0.15, 0.2) is 10.9 Å². The normalized spacial score (nSPS) is 16.1. The Kier molecular flexibility index (Phi) is 4.52. The van der Waals surface area contributed by atoms with Crippen molar-refractivity contribution in [2.24, 2.45) is 5.10 Å². The van der Waals surface area contributed by atoms with Crippen LogP contribution in [0.3, 0.4) is 0 Å². The van der Waals surface area contributed by atoms with Gasteiger partial charge < -0.3 is 8.83 Å². The van der Waals surface area contributed by atoms with Gasteiger partial charge in [0.25, 0.3) is 5.91 Å². The number of carbonyl (C=O) groups is 1. The number of nitrogens with zero attached hydrogens (tertiary/aromatic N) is 5. The van der Waals surface area contributed by atoms with Crippen LogP contribution in [0.2, 0.25) is 0 Å². The number of aromatic nitrogens is 4. The monoisotopic (exact) mass is 482 g/mol. The summed E-state index contributed by atoms with van der Waals surface area (Å²) in [5, 5.41) is 15.1. The van der Waals surface area contributed by atoms with E-state index in [-0.39, 0.29) is 17.7 Å². The molecule has 1 aliphatic heterocycles. The number of imidazole rings is 1. The summed E-state index contributed by atoms with van der Waals surface area (Å²) in [4.78, 5) is 17.9. The van der Waals surface area contributed by atoms with Crippen LogP contribution in [-0.4, -0.2) is 42.0 Å². The van der Waals surface area contributed by atoms with Crippen LogP contribution < -0.4 is 0 Å². The second kappa shape index (κ2) is 7.88. The van der Waals surface area contributed by atoms with Crippen molar-refractivity contribution in [2.75, 3.05) is 5.75 Å². The lowest BCUT2D eigenvalue weighted by Gasteiger charge is -2.19. The van der Waals surface area contributed by atoms with Gasteiger partial charge in [-0.25, -0.2) is 15.1 Å². The Labute approximate surface area is 202 Å². The number of aromatic amines is 1. The molecule has 0 bridgehead atoms. The van der Waals surface area contributed by atoms with Gasteiger partial charge >= 0.3 is 0 Å². The van der Waals surface area contributed by atoms with Gasteiger partial charge in [0.1, 0.15) is 23.1 Å². The summed E-state index contributed by atoms with van der Waals surface area (Å²) in [6.07, 6.45) is 2.11. The fraction of sp³-hybridized carbons (Fsp3) is 0.120. The maximum atomic E-state index is 13.4. The predicted molar refractivity (Wildman–Crippen MR) is 131 cm³/mol. The zero-order valence-corrected chi connectivity index (χ0v) is 19.1. The minimum absolute atomic E-state index is 0.150. The molecule has 5 heterocycles. The zero-order valence-electron chi connectivity index (χ0n) is 18.3. The highest BCUT2D eigenvalue weighted by atomic mass is 32.2. The molecule has 1 unspecified atom stereocenters. The van der Waals surface area contributed by atoms with E-state index >= 15 is 0 Å². The Morgan fingerprint density at radius 2 is 2.00 bits per heavy atom. The number of hydrogen-bond donors (Lipinski definition) is 1. The van der Waals surface area contributed by atoms with Crippen molar-refractivity contribution in [3.05, 3.63) is 84.5 Å². The van der Waals surface area contributed by atoms with E-state index in [9.17, 15) is 4.79 Å². The third-order valence-electron chi connectivity index (χ3n) is 6.08. The van der Waals surface area contributed by atoms with Gasteiger partial charge in [0, 0.05) is 11.8 Å². The molecule has 172 valence electrons. The molecule has 1 atom stereocenters. The Morgan fingerprint density at radius 1 is 1.11 bits per heavy atom. The van der Waals surface area contributed by atoms with Gasteiger partial charge in [-0.3, -0.25) is 9.20 Å². The topological polar surface area (TPSA) is 105 Å². The molecule has 0 radical (unpaired) electrons. The van der Waals surface area contributed by atoms with E-state index in [1.54, 1.807) is 6.26 Å². The summed E-state index contributed by atoms with van der Waals surface area (Å²) in [6, 6.07) is 20.9. The minimum atomic E-state index is -0.338. The first-order valence-electron chi connectivity index (χ1n) is 11.1. The predicted octanol–water partition coefficient (Wildman–Crippen LogP) is 5.02. The van der Waals surface area contributed by atoms with E-state index in [0.717, 1.165) is 22.0 Å². The molecule has 1 aliphatic rings. The average Bonchev–Trinajstić information content (AvgIpc) is 3.69. The van der Waals surface area contributed by atoms with Gasteiger partial charge in [-0.05, 0) is 36.4 Å². The van der Waals surface area contributed by atoms with E-state index < -0.39 is 0 Å². The summed E-state index contributed by atoms with van der Waals surface area (Å²) < 4.78 is 13.6.